The average Bonchev–Trinajstić information content (AvgIpc) is 2.90. The van der Waals surface area contributed by atoms with E-state index in [1.54, 1.807) is 6.20 Å². The van der Waals surface area contributed by atoms with E-state index in [4.69, 9.17) is 4.74 Å². The molecule has 0 radical (unpaired) electrons. The Bertz CT molecular complexity index is 640. The molecule has 3 rings (SSSR count). The molecule has 0 N–H and O–H groups in total. The minimum Gasteiger partial charge on any atom is -0.378 e. The van der Waals surface area contributed by atoms with Crippen LogP contribution in [0.1, 0.15) is 21.6 Å². The van der Waals surface area contributed by atoms with Gasteiger partial charge in [0.25, 0.3) is 5.91 Å². The fourth-order valence-electron chi connectivity index (χ4n) is 2.50. The monoisotopic (exact) mass is 285 g/mol. The van der Waals surface area contributed by atoms with Gasteiger partial charge in [0.1, 0.15) is 0 Å². The Morgan fingerprint density at radius 2 is 1.81 bits per heavy atom. The fraction of sp³-hybridized carbons (Fsp3) is 0.375. The van der Waals surface area contributed by atoms with Crippen LogP contribution in [0.4, 0.5) is 0 Å². The molecule has 1 aliphatic heterocycles. The Hall–Kier alpha value is -2.14. The predicted octanol–water partition coefficient (Wildman–Crippen LogP) is 1.96. The van der Waals surface area contributed by atoms with Gasteiger partial charge in [-0.1, -0.05) is 17.7 Å². The minimum absolute atomic E-state index is 0.0363. The zero-order valence-corrected chi connectivity index (χ0v) is 12.4. The third-order valence-corrected chi connectivity index (χ3v) is 3.82. The van der Waals surface area contributed by atoms with Gasteiger partial charge in [-0.25, -0.2) is 4.68 Å². The van der Waals surface area contributed by atoms with Crippen LogP contribution in [-0.4, -0.2) is 46.9 Å². The molecule has 1 aliphatic rings. The summed E-state index contributed by atoms with van der Waals surface area (Å²) in [6.07, 6.45) is 1.66. The Morgan fingerprint density at radius 1 is 1.14 bits per heavy atom. The van der Waals surface area contributed by atoms with Crippen molar-refractivity contribution in [2.75, 3.05) is 26.3 Å². The van der Waals surface area contributed by atoms with Crippen LogP contribution in [0.3, 0.4) is 0 Å². The van der Waals surface area contributed by atoms with E-state index in [0.717, 1.165) is 11.4 Å². The molecule has 0 atom stereocenters. The zero-order chi connectivity index (χ0) is 14.8. The number of hydrogen-bond donors (Lipinski definition) is 0. The molecule has 0 aliphatic carbocycles. The summed E-state index contributed by atoms with van der Waals surface area (Å²) < 4.78 is 7.10. The van der Waals surface area contributed by atoms with Gasteiger partial charge in [0, 0.05) is 13.1 Å². The number of hydrogen-bond acceptors (Lipinski definition) is 3. The Balaban J connectivity index is 1.88. The lowest BCUT2D eigenvalue weighted by Crippen LogP contribution is -2.40. The first-order valence-corrected chi connectivity index (χ1v) is 7.15. The third-order valence-electron chi connectivity index (χ3n) is 3.82. The van der Waals surface area contributed by atoms with E-state index in [-0.39, 0.29) is 5.91 Å². The van der Waals surface area contributed by atoms with Crippen LogP contribution in [0, 0.1) is 13.8 Å². The van der Waals surface area contributed by atoms with Crippen LogP contribution >= 0.6 is 0 Å². The van der Waals surface area contributed by atoms with Crippen LogP contribution in [0.15, 0.2) is 30.5 Å². The van der Waals surface area contributed by atoms with Gasteiger partial charge in [-0.3, -0.25) is 4.79 Å². The molecule has 1 saturated heterocycles. The van der Waals surface area contributed by atoms with Gasteiger partial charge in [-0.05, 0) is 26.0 Å². The van der Waals surface area contributed by atoms with E-state index in [0.29, 0.717) is 31.9 Å². The summed E-state index contributed by atoms with van der Waals surface area (Å²) in [4.78, 5) is 14.4. The first-order chi connectivity index (χ1) is 10.2. The lowest BCUT2D eigenvalue weighted by molar-refractivity contribution is 0.0302. The average molecular weight is 285 g/mol. The molecule has 0 saturated carbocycles. The van der Waals surface area contributed by atoms with E-state index in [9.17, 15) is 4.79 Å². The van der Waals surface area contributed by atoms with Crippen LogP contribution in [0.25, 0.3) is 5.69 Å². The van der Waals surface area contributed by atoms with Gasteiger partial charge in [-0.2, -0.15) is 5.10 Å². The Kier molecular flexibility index (Phi) is 3.75. The van der Waals surface area contributed by atoms with E-state index < -0.39 is 0 Å². The molecular weight excluding hydrogens is 266 g/mol. The molecule has 0 bridgehead atoms. The summed E-state index contributed by atoms with van der Waals surface area (Å²) >= 11 is 0. The lowest BCUT2D eigenvalue weighted by Gasteiger charge is -2.26. The molecule has 21 heavy (non-hydrogen) atoms. The standard InChI is InChI=1S/C16H19N3O2/c1-12-3-5-14(6-4-12)19-13(2)15(11-17-19)16(20)18-7-9-21-10-8-18/h3-6,11H,7-10H2,1-2H3. The second-order valence-corrected chi connectivity index (χ2v) is 5.30. The van der Waals surface area contributed by atoms with Gasteiger partial charge >= 0.3 is 0 Å². The second-order valence-electron chi connectivity index (χ2n) is 5.30. The van der Waals surface area contributed by atoms with E-state index >= 15 is 0 Å². The normalized spacial score (nSPS) is 15.2. The molecular formula is C16H19N3O2. The first-order valence-electron chi connectivity index (χ1n) is 7.15. The summed E-state index contributed by atoms with van der Waals surface area (Å²) in [6.45, 7) is 6.49. The van der Waals surface area contributed by atoms with Gasteiger partial charge in [0.2, 0.25) is 0 Å². The maximum Gasteiger partial charge on any atom is 0.257 e. The number of ether oxygens (including phenoxy) is 1. The highest BCUT2D eigenvalue weighted by Crippen LogP contribution is 2.17. The van der Waals surface area contributed by atoms with Gasteiger partial charge in [-0.15, -0.1) is 0 Å². The molecule has 0 spiro atoms. The largest absolute Gasteiger partial charge is 0.378 e. The summed E-state index contributed by atoms with van der Waals surface area (Å²) in [5.74, 6) is 0.0363. The summed E-state index contributed by atoms with van der Waals surface area (Å²) in [7, 11) is 0. The highest BCUT2D eigenvalue weighted by Gasteiger charge is 2.22. The number of aryl methyl sites for hydroxylation is 1. The van der Waals surface area contributed by atoms with Gasteiger partial charge in [0.05, 0.1) is 36.4 Å². The van der Waals surface area contributed by atoms with Gasteiger partial charge < -0.3 is 9.64 Å². The van der Waals surface area contributed by atoms with E-state index in [1.807, 2.05) is 47.7 Å². The van der Waals surface area contributed by atoms with Crippen molar-refractivity contribution in [3.05, 3.63) is 47.3 Å². The van der Waals surface area contributed by atoms with Crippen molar-refractivity contribution in [3.8, 4) is 5.69 Å². The first kappa shape index (κ1) is 13.8. The zero-order valence-electron chi connectivity index (χ0n) is 12.4. The van der Waals surface area contributed by atoms with E-state index in [2.05, 4.69) is 5.10 Å². The molecule has 1 fully saturated rings. The highest BCUT2D eigenvalue weighted by atomic mass is 16.5. The smallest absolute Gasteiger partial charge is 0.257 e. The maximum absolute atomic E-state index is 12.5. The topological polar surface area (TPSA) is 47.4 Å². The molecule has 110 valence electrons. The number of benzene rings is 1. The molecule has 1 amide bonds. The summed E-state index contributed by atoms with van der Waals surface area (Å²) in [5.41, 5.74) is 3.71. The van der Waals surface area contributed by atoms with Crippen molar-refractivity contribution in [1.82, 2.24) is 14.7 Å². The van der Waals surface area contributed by atoms with Crippen LogP contribution in [-0.2, 0) is 4.74 Å². The number of carbonyl (C=O) groups is 1. The molecule has 2 aromatic rings. The quantitative estimate of drug-likeness (QED) is 0.847. The fourth-order valence-corrected chi connectivity index (χ4v) is 2.50. The highest BCUT2D eigenvalue weighted by molar-refractivity contribution is 5.95. The number of carbonyl (C=O) groups excluding carboxylic acids is 1. The molecule has 0 unspecified atom stereocenters. The third kappa shape index (κ3) is 2.69. The molecule has 5 heteroatoms. The van der Waals surface area contributed by atoms with Crippen molar-refractivity contribution in [3.63, 3.8) is 0 Å². The number of aromatic nitrogens is 2. The van der Waals surface area contributed by atoms with Crippen molar-refractivity contribution in [2.45, 2.75) is 13.8 Å². The van der Waals surface area contributed by atoms with Crippen LogP contribution < -0.4 is 0 Å². The van der Waals surface area contributed by atoms with Crippen molar-refractivity contribution in [1.29, 1.82) is 0 Å². The summed E-state index contributed by atoms with van der Waals surface area (Å²) in [5, 5.41) is 4.37. The molecule has 5 nitrogen and oxygen atoms in total. The molecule has 1 aromatic carbocycles. The Morgan fingerprint density at radius 3 is 2.48 bits per heavy atom. The van der Waals surface area contributed by atoms with Crippen LogP contribution in [0.2, 0.25) is 0 Å². The number of rotatable bonds is 2. The van der Waals surface area contributed by atoms with E-state index in [1.165, 1.54) is 5.56 Å². The number of amides is 1. The SMILES string of the molecule is Cc1ccc(-n2ncc(C(=O)N3CCOCC3)c2C)cc1. The number of morpholine rings is 1. The van der Waals surface area contributed by atoms with Crippen molar-refractivity contribution < 1.29 is 9.53 Å². The summed E-state index contributed by atoms with van der Waals surface area (Å²) in [6, 6.07) is 8.11. The van der Waals surface area contributed by atoms with Crippen molar-refractivity contribution in [2.24, 2.45) is 0 Å². The van der Waals surface area contributed by atoms with Crippen LogP contribution in [0.5, 0.6) is 0 Å². The number of nitrogens with zero attached hydrogens (tertiary/aromatic N) is 3. The second kappa shape index (κ2) is 5.69. The lowest BCUT2D eigenvalue weighted by atomic mass is 10.2. The van der Waals surface area contributed by atoms with Crippen molar-refractivity contribution >= 4 is 5.91 Å². The predicted molar refractivity (Wildman–Crippen MR) is 79.8 cm³/mol. The van der Waals surface area contributed by atoms with Gasteiger partial charge in [0.15, 0.2) is 0 Å². The molecule has 1 aromatic heterocycles. The molecule has 2 heterocycles. The Labute approximate surface area is 124 Å². The maximum atomic E-state index is 12.5. The minimum atomic E-state index is 0.0363.